The monoisotopic (exact) mass is 488 g/mol. The summed E-state index contributed by atoms with van der Waals surface area (Å²) in [5.74, 6) is -1.25. The standard InChI is InChI=1S/C31H24N2O4/c32-18-20-12-14-22(15-13-20)23-7-5-6-21(16-23)17-29(30(34)35)33-31(36)37-19-28-26-10-3-1-8-24(26)25-9-2-4-11-27(25)28/h1-16,28-29H,17,19H2,(H,33,36)(H,34,35). The Morgan fingerprint density at radius 1 is 0.865 bits per heavy atom. The molecule has 1 aliphatic rings. The summed E-state index contributed by atoms with van der Waals surface area (Å²) in [5.41, 5.74) is 7.56. The Balaban J connectivity index is 1.25. The Labute approximate surface area is 214 Å². The van der Waals surface area contributed by atoms with Gasteiger partial charge in [0.25, 0.3) is 0 Å². The number of alkyl carbamates (subject to hydrolysis) is 1. The van der Waals surface area contributed by atoms with Crippen molar-refractivity contribution in [3.63, 3.8) is 0 Å². The molecule has 0 bridgehead atoms. The number of hydrogen-bond donors (Lipinski definition) is 2. The van der Waals surface area contributed by atoms with Crippen LogP contribution in [0.15, 0.2) is 97.1 Å². The Bertz CT molecular complexity index is 1460. The average Bonchev–Trinajstić information content (AvgIpc) is 3.25. The van der Waals surface area contributed by atoms with Gasteiger partial charge in [-0.2, -0.15) is 5.26 Å². The smallest absolute Gasteiger partial charge is 0.407 e. The number of hydrogen-bond acceptors (Lipinski definition) is 4. The number of amides is 1. The Morgan fingerprint density at radius 3 is 2.14 bits per heavy atom. The van der Waals surface area contributed by atoms with Gasteiger partial charge in [0.1, 0.15) is 12.6 Å². The van der Waals surface area contributed by atoms with Crippen molar-refractivity contribution in [3.8, 4) is 28.3 Å². The molecule has 0 saturated heterocycles. The predicted octanol–water partition coefficient (Wildman–Crippen LogP) is 5.76. The molecule has 0 radical (unpaired) electrons. The number of nitrogens with zero attached hydrogens (tertiary/aromatic N) is 1. The maximum atomic E-state index is 12.7. The highest BCUT2D eigenvalue weighted by molar-refractivity contribution is 5.81. The summed E-state index contributed by atoms with van der Waals surface area (Å²) in [6, 6.07) is 31.7. The average molecular weight is 489 g/mol. The Kier molecular flexibility index (Phi) is 6.69. The number of ether oxygens (including phenoxy) is 1. The number of aliphatic carboxylic acids is 1. The number of carbonyl (C=O) groups is 2. The van der Waals surface area contributed by atoms with Crippen LogP contribution < -0.4 is 5.32 Å². The number of carbonyl (C=O) groups excluding carboxylic acids is 1. The van der Waals surface area contributed by atoms with Crippen molar-refractivity contribution < 1.29 is 19.4 Å². The van der Waals surface area contributed by atoms with Gasteiger partial charge in [-0.25, -0.2) is 9.59 Å². The number of fused-ring (bicyclic) bond motifs is 3. The van der Waals surface area contributed by atoms with Crippen LogP contribution in [0.25, 0.3) is 22.3 Å². The first kappa shape index (κ1) is 23.8. The molecular weight excluding hydrogens is 464 g/mol. The van der Waals surface area contributed by atoms with E-state index in [9.17, 15) is 14.7 Å². The lowest BCUT2D eigenvalue weighted by Crippen LogP contribution is -2.42. The van der Waals surface area contributed by atoms with Gasteiger partial charge in [-0.1, -0.05) is 84.9 Å². The third-order valence-electron chi connectivity index (χ3n) is 6.65. The minimum atomic E-state index is -1.15. The lowest BCUT2D eigenvalue weighted by molar-refractivity contribution is -0.139. The molecule has 0 spiro atoms. The summed E-state index contributed by atoms with van der Waals surface area (Å²) in [6.07, 6.45) is -0.665. The van der Waals surface area contributed by atoms with Crippen LogP contribution in [-0.2, 0) is 16.0 Å². The zero-order valence-corrected chi connectivity index (χ0v) is 19.9. The van der Waals surface area contributed by atoms with Gasteiger partial charge in [0.15, 0.2) is 0 Å². The quantitative estimate of drug-likeness (QED) is 0.345. The van der Waals surface area contributed by atoms with E-state index in [1.165, 1.54) is 0 Å². The van der Waals surface area contributed by atoms with Crippen LogP contribution in [0.1, 0.15) is 28.2 Å². The van der Waals surface area contributed by atoms with Crippen molar-refractivity contribution in [2.24, 2.45) is 0 Å². The van der Waals surface area contributed by atoms with E-state index in [-0.39, 0.29) is 18.9 Å². The summed E-state index contributed by atoms with van der Waals surface area (Å²) in [6.45, 7) is 0.111. The van der Waals surface area contributed by atoms with Crippen molar-refractivity contribution in [3.05, 3.63) is 119 Å². The zero-order chi connectivity index (χ0) is 25.8. The molecule has 0 heterocycles. The van der Waals surface area contributed by atoms with Crippen molar-refractivity contribution in [1.29, 1.82) is 5.26 Å². The number of carboxylic acids is 1. The minimum absolute atomic E-state index is 0.101. The second-order valence-electron chi connectivity index (χ2n) is 8.95. The predicted molar refractivity (Wildman–Crippen MR) is 140 cm³/mol. The number of nitrogens with one attached hydrogen (secondary N) is 1. The van der Waals surface area contributed by atoms with Crippen molar-refractivity contribution >= 4 is 12.1 Å². The summed E-state index contributed by atoms with van der Waals surface area (Å²) in [5, 5.41) is 21.3. The Hall–Kier alpha value is -4.89. The summed E-state index contributed by atoms with van der Waals surface area (Å²) in [7, 11) is 0. The molecule has 5 rings (SSSR count). The third kappa shape index (κ3) is 5.07. The molecule has 1 atom stereocenters. The van der Waals surface area contributed by atoms with Gasteiger partial charge < -0.3 is 15.2 Å². The van der Waals surface area contributed by atoms with E-state index in [2.05, 4.69) is 23.5 Å². The molecular formula is C31H24N2O4. The molecule has 4 aromatic carbocycles. The van der Waals surface area contributed by atoms with Crippen molar-refractivity contribution in [2.45, 2.75) is 18.4 Å². The number of rotatable bonds is 7. The molecule has 6 heteroatoms. The second kappa shape index (κ2) is 10.4. The fourth-order valence-electron chi connectivity index (χ4n) is 4.83. The minimum Gasteiger partial charge on any atom is -0.480 e. The fraction of sp³-hybridized carbons (Fsp3) is 0.129. The molecule has 4 aromatic rings. The van der Waals surface area contributed by atoms with Crippen LogP contribution in [0, 0.1) is 11.3 Å². The van der Waals surface area contributed by atoms with Crippen molar-refractivity contribution in [1.82, 2.24) is 5.32 Å². The highest BCUT2D eigenvalue weighted by atomic mass is 16.5. The molecule has 0 aliphatic heterocycles. The SMILES string of the molecule is N#Cc1ccc(-c2cccc(CC(NC(=O)OCC3c4ccccc4-c4ccccc43)C(=O)O)c2)cc1. The largest absolute Gasteiger partial charge is 0.480 e. The molecule has 0 saturated carbocycles. The van der Waals surface area contributed by atoms with Gasteiger partial charge >= 0.3 is 12.1 Å². The lowest BCUT2D eigenvalue weighted by atomic mass is 9.98. The molecule has 37 heavy (non-hydrogen) atoms. The molecule has 0 aromatic heterocycles. The van der Waals surface area contributed by atoms with E-state index in [4.69, 9.17) is 10.00 Å². The third-order valence-corrected chi connectivity index (χ3v) is 6.65. The van der Waals surface area contributed by atoms with Gasteiger partial charge in [0, 0.05) is 12.3 Å². The van der Waals surface area contributed by atoms with Gasteiger partial charge in [0.05, 0.1) is 11.6 Å². The normalized spacial score (nSPS) is 12.6. The topological polar surface area (TPSA) is 99.4 Å². The van der Waals surface area contributed by atoms with E-state index >= 15 is 0 Å². The van der Waals surface area contributed by atoms with Gasteiger partial charge in [-0.15, -0.1) is 0 Å². The summed E-state index contributed by atoms with van der Waals surface area (Å²) >= 11 is 0. The summed E-state index contributed by atoms with van der Waals surface area (Å²) in [4.78, 5) is 24.6. The molecule has 182 valence electrons. The maximum absolute atomic E-state index is 12.7. The van der Waals surface area contributed by atoms with E-state index < -0.39 is 18.1 Å². The molecule has 0 fully saturated rings. The highest BCUT2D eigenvalue weighted by Gasteiger charge is 2.29. The first-order valence-corrected chi connectivity index (χ1v) is 12.0. The number of nitriles is 1. The van der Waals surface area contributed by atoms with Gasteiger partial charge in [-0.3, -0.25) is 0 Å². The van der Waals surface area contributed by atoms with Crippen LogP contribution in [0.3, 0.4) is 0 Å². The number of carboxylic acid groups (broad SMARTS) is 1. The molecule has 1 aliphatic carbocycles. The molecule has 1 amide bonds. The zero-order valence-electron chi connectivity index (χ0n) is 19.9. The van der Waals surface area contributed by atoms with Crippen LogP contribution in [0.2, 0.25) is 0 Å². The van der Waals surface area contributed by atoms with Gasteiger partial charge in [-0.05, 0) is 51.1 Å². The molecule has 2 N–H and O–H groups in total. The maximum Gasteiger partial charge on any atom is 0.407 e. The van der Waals surface area contributed by atoms with E-state index in [0.717, 1.165) is 38.9 Å². The molecule has 1 unspecified atom stereocenters. The summed E-state index contributed by atoms with van der Waals surface area (Å²) < 4.78 is 5.53. The van der Waals surface area contributed by atoms with E-state index in [1.54, 1.807) is 12.1 Å². The van der Waals surface area contributed by atoms with Crippen LogP contribution in [0.5, 0.6) is 0 Å². The van der Waals surface area contributed by atoms with Crippen LogP contribution in [-0.4, -0.2) is 29.8 Å². The van der Waals surface area contributed by atoms with E-state index in [0.29, 0.717) is 5.56 Å². The number of benzene rings is 4. The van der Waals surface area contributed by atoms with Crippen molar-refractivity contribution in [2.75, 3.05) is 6.61 Å². The Morgan fingerprint density at radius 2 is 1.51 bits per heavy atom. The lowest BCUT2D eigenvalue weighted by Gasteiger charge is -2.18. The van der Waals surface area contributed by atoms with Gasteiger partial charge in [0.2, 0.25) is 0 Å². The first-order chi connectivity index (χ1) is 18.0. The highest BCUT2D eigenvalue weighted by Crippen LogP contribution is 2.44. The molecule has 6 nitrogen and oxygen atoms in total. The first-order valence-electron chi connectivity index (χ1n) is 12.0. The fourth-order valence-corrected chi connectivity index (χ4v) is 4.83. The van der Waals surface area contributed by atoms with E-state index in [1.807, 2.05) is 72.8 Å². The van der Waals surface area contributed by atoms with Crippen LogP contribution >= 0.6 is 0 Å². The van der Waals surface area contributed by atoms with Crippen LogP contribution in [0.4, 0.5) is 4.79 Å². The second-order valence-corrected chi connectivity index (χ2v) is 8.95.